The zero-order valence-corrected chi connectivity index (χ0v) is 14.1. The van der Waals surface area contributed by atoms with Gasteiger partial charge in [0, 0.05) is 26.7 Å². The molecule has 1 rings (SSSR count). The molecule has 0 aromatic carbocycles. The van der Waals surface area contributed by atoms with Crippen LogP contribution in [-0.4, -0.2) is 63.8 Å². The Morgan fingerprint density at radius 1 is 1.33 bits per heavy atom. The summed E-state index contributed by atoms with van der Waals surface area (Å²) in [4.78, 5) is 12.3. The lowest BCUT2D eigenvalue weighted by Crippen LogP contribution is -2.29. The van der Waals surface area contributed by atoms with Crippen LogP contribution in [0.25, 0.3) is 0 Å². The SMILES string of the molecule is CNc1sc(S(=O)(=O)N(C)CCCN(C)C)cc1[N+](=O)[O-]. The molecule has 120 valence electrons. The second-order valence-corrected chi connectivity index (χ2v) is 8.09. The second kappa shape index (κ2) is 7.16. The van der Waals surface area contributed by atoms with Crippen LogP contribution in [0.5, 0.6) is 0 Å². The van der Waals surface area contributed by atoms with Crippen molar-refractivity contribution in [3.63, 3.8) is 0 Å². The van der Waals surface area contributed by atoms with Gasteiger partial charge < -0.3 is 10.2 Å². The van der Waals surface area contributed by atoms with Gasteiger partial charge in [0.25, 0.3) is 10.0 Å². The molecular formula is C11H20N4O4S2. The maximum atomic E-state index is 12.4. The maximum Gasteiger partial charge on any atom is 0.304 e. The topological polar surface area (TPSA) is 95.8 Å². The fourth-order valence-corrected chi connectivity index (χ4v) is 4.39. The van der Waals surface area contributed by atoms with Gasteiger partial charge in [-0.15, -0.1) is 0 Å². The minimum Gasteiger partial charge on any atom is -0.374 e. The molecule has 0 fully saturated rings. The van der Waals surface area contributed by atoms with E-state index in [-0.39, 0.29) is 14.9 Å². The number of thiophene rings is 1. The normalized spacial score (nSPS) is 12.1. The molecule has 8 nitrogen and oxygen atoms in total. The summed E-state index contributed by atoms with van der Waals surface area (Å²) in [6.45, 7) is 1.13. The zero-order valence-electron chi connectivity index (χ0n) is 12.5. The van der Waals surface area contributed by atoms with E-state index in [0.29, 0.717) is 13.0 Å². The van der Waals surface area contributed by atoms with Crippen LogP contribution in [0.15, 0.2) is 10.3 Å². The largest absolute Gasteiger partial charge is 0.374 e. The predicted octanol–water partition coefficient (Wildman–Crippen LogP) is 1.27. The minimum absolute atomic E-state index is 0.0223. The van der Waals surface area contributed by atoms with Gasteiger partial charge in [-0.05, 0) is 27.1 Å². The van der Waals surface area contributed by atoms with Crippen LogP contribution in [0.4, 0.5) is 10.7 Å². The van der Waals surface area contributed by atoms with Crippen LogP contribution in [0.1, 0.15) is 6.42 Å². The fourth-order valence-electron chi connectivity index (χ4n) is 1.68. The van der Waals surface area contributed by atoms with Crippen molar-refractivity contribution >= 4 is 32.0 Å². The second-order valence-electron chi connectivity index (χ2n) is 4.77. The van der Waals surface area contributed by atoms with Gasteiger partial charge in [-0.1, -0.05) is 11.3 Å². The van der Waals surface area contributed by atoms with E-state index in [1.54, 1.807) is 0 Å². The van der Waals surface area contributed by atoms with Crippen LogP contribution >= 0.6 is 11.3 Å². The Morgan fingerprint density at radius 2 is 1.95 bits per heavy atom. The van der Waals surface area contributed by atoms with Crippen molar-refractivity contribution in [1.29, 1.82) is 0 Å². The first-order valence-corrected chi connectivity index (χ1v) is 8.53. The van der Waals surface area contributed by atoms with Gasteiger partial charge in [0.2, 0.25) is 0 Å². The van der Waals surface area contributed by atoms with Crippen molar-refractivity contribution in [3.05, 3.63) is 16.2 Å². The summed E-state index contributed by atoms with van der Waals surface area (Å²) in [6, 6.07) is 1.11. The lowest BCUT2D eigenvalue weighted by atomic mass is 10.4. The number of anilines is 1. The van der Waals surface area contributed by atoms with E-state index in [0.717, 1.165) is 23.9 Å². The summed E-state index contributed by atoms with van der Waals surface area (Å²) >= 11 is 0.870. The highest BCUT2D eigenvalue weighted by atomic mass is 32.2. The van der Waals surface area contributed by atoms with Gasteiger partial charge in [-0.3, -0.25) is 10.1 Å². The van der Waals surface area contributed by atoms with Crippen LogP contribution < -0.4 is 5.32 Å². The average Bonchev–Trinajstić information content (AvgIpc) is 2.82. The first-order chi connectivity index (χ1) is 9.70. The first-order valence-electron chi connectivity index (χ1n) is 6.27. The molecular weight excluding hydrogens is 316 g/mol. The Morgan fingerprint density at radius 3 is 2.38 bits per heavy atom. The predicted molar refractivity (Wildman–Crippen MR) is 83.5 cm³/mol. The molecule has 1 aromatic rings. The highest BCUT2D eigenvalue weighted by Gasteiger charge is 2.28. The quantitative estimate of drug-likeness (QED) is 0.567. The number of hydrogen-bond donors (Lipinski definition) is 1. The van der Waals surface area contributed by atoms with E-state index in [1.807, 2.05) is 19.0 Å². The third-order valence-electron chi connectivity index (χ3n) is 2.86. The smallest absolute Gasteiger partial charge is 0.304 e. The van der Waals surface area contributed by atoms with E-state index in [4.69, 9.17) is 0 Å². The van der Waals surface area contributed by atoms with Crippen molar-refractivity contribution in [3.8, 4) is 0 Å². The summed E-state index contributed by atoms with van der Waals surface area (Å²) in [7, 11) is 3.14. The van der Waals surface area contributed by atoms with Crippen LogP contribution in [0, 0.1) is 10.1 Å². The average molecular weight is 336 g/mol. The number of nitro groups is 1. The summed E-state index contributed by atoms with van der Waals surface area (Å²) in [6.07, 6.45) is 0.690. The molecule has 0 bridgehead atoms. The Labute approximate surface area is 128 Å². The Hall–Kier alpha value is -1.23. The van der Waals surface area contributed by atoms with E-state index in [2.05, 4.69) is 5.32 Å². The van der Waals surface area contributed by atoms with Crippen molar-refractivity contribution < 1.29 is 13.3 Å². The van der Waals surface area contributed by atoms with E-state index < -0.39 is 14.9 Å². The van der Waals surface area contributed by atoms with Gasteiger partial charge in [-0.2, -0.15) is 0 Å². The highest BCUT2D eigenvalue weighted by Crippen LogP contribution is 2.37. The number of hydrogen-bond acceptors (Lipinski definition) is 7. The number of nitrogens with one attached hydrogen (secondary N) is 1. The summed E-state index contributed by atoms with van der Waals surface area (Å²) in [5.74, 6) is 0. The molecule has 0 aliphatic heterocycles. The number of sulfonamides is 1. The molecule has 1 heterocycles. The Bertz CT molecular complexity index is 597. The molecule has 0 saturated heterocycles. The van der Waals surface area contributed by atoms with Gasteiger partial charge in [0.15, 0.2) is 5.00 Å². The summed E-state index contributed by atoms with van der Waals surface area (Å²) < 4.78 is 26.0. The summed E-state index contributed by atoms with van der Waals surface area (Å²) in [5.41, 5.74) is -0.220. The van der Waals surface area contributed by atoms with E-state index >= 15 is 0 Å². The standard InChI is InChI=1S/C11H20N4O4S2/c1-12-11-9(15(16)17)8-10(20-11)21(18,19)14(4)7-5-6-13(2)3/h8,12H,5-7H2,1-4H3. The highest BCUT2D eigenvalue weighted by molar-refractivity contribution is 7.91. The third-order valence-corrected chi connectivity index (χ3v) is 6.30. The molecule has 1 N–H and O–H groups in total. The van der Waals surface area contributed by atoms with Crippen LogP contribution in [-0.2, 0) is 10.0 Å². The molecule has 0 atom stereocenters. The molecule has 0 unspecified atom stereocenters. The molecule has 1 aromatic heterocycles. The lowest BCUT2D eigenvalue weighted by molar-refractivity contribution is -0.383. The van der Waals surface area contributed by atoms with Gasteiger partial charge in [0.05, 0.1) is 4.92 Å². The van der Waals surface area contributed by atoms with Gasteiger partial charge >= 0.3 is 5.69 Å². The molecule has 0 aliphatic carbocycles. The molecule has 10 heteroatoms. The minimum atomic E-state index is -3.69. The number of nitrogens with zero attached hydrogens (tertiary/aromatic N) is 3. The van der Waals surface area contributed by atoms with Gasteiger partial charge in [-0.25, -0.2) is 12.7 Å². The maximum absolute atomic E-state index is 12.4. The molecule has 0 spiro atoms. The molecule has 0 aliphatic rings. The van der Waals surface area contributed by atoms with Crippen molar-refractivity contribution in [2.24, 2.45) is 0 Å². The van der Waals surface area contributed by atoms with Crippen molar-refractivity contribution in [1.82, 2.24) is 9.21 Å². The van der Waals surface area contributed by atoms with Crippen molar-refractivity contribution in [2.75, 3.05) is 46.6 Å². The van der Waals surface area contributed by atoms with Crippen molar-refractivity contribution in [2.45, 2.75) is 10.6 Å². The van der Waals surface area contributed by atoms with Gasteiger partial charge in [0.1, 0.15) is 4.21 Å². The van der Waals surface area contributed by atoms with Crippen LogP contribution in [0.3, 0.4) is 0 Å². The molecule has 0 amide bonds. The first kappa shape index (κ1) is 17.8. The zero-order chi connectivity index (χ0) is 16.2. The molecule has 0 saturated carbocycles. The third kappa shape index (κ3) is 4.37. The fraction of sp³-hybridized carbons (Fsp3) is 0.636. The number of rotatable bonds is 8. The van der Waals surface area contributed by atoms with E-state index in [9.17, 15) is 18.5 Å². The Kier molecular flexibility index (Phi) is 6.08. The lowest BCUT2D eigenvalue weighted by Gasteiger charge is -2.17. The monoisotopic (exact) mass is 336 g/mol. The Balaban J connectivity index is 2.94. The summed E-state index contributed by atoms with van der Waals surface area (Å²) in [5, 5.41) is 13.8. The molecule has 0 radical (unpaired) electrons. The molecule has 21 heavy (non-hydrogen) atoms. The van der Waals surface area contributed by atoms with Crippen LogP contribution in [0.2, 0.25) is 0 Å². The van der Waals surface area contributed by atoms with E-state index in [1.165, 1.54) is 18.4 Å².